The smallest absolute Gasteiger partial charge is 0.258 e. The van der Waals surface area contributed by atoms with Crippen LogP contribution in [-0.2, 0) is 14.8 Å². The van der Waals surface area contributed by atoms with Crippen molar-refractivity contribution >= 4 is 38.3 Å². The van der Waals surface area contributed by atoms with Crippen LogP contribution in [0.1, 0.15) is 6.42 Å². The standard InChI is InChI=1S/C21H20ClN3O4S/c22-18-12-23-11-15-5-4-8-19(21(15)18)30(27,28)25-10-9-16(13-25)24-20(26)14-29-17-6-2-1-3-7-17/h1-8,11-12,16H,9-10,13-14H2,(H,24,26)/t16-/m1/s1. The lowest BCUT2D eigenvalue weighted by Gasteiger charge is -2.19. The van der Waals surface area contributed by atoms with Gasteiger partial charge in [-0.2, -0.15) is 4.31 Å². The highest BCUT2D eigenvalue weighted by Gasteiger charge is 2.34. The van der Waals surface area contributed by atoms with Gasteiger partial charge in [0.1, 0.15) is 5.75 Å². The zero-order valence-electron chi connectivity index (χ0n) is 16.0. The number of pyridine rings is 1. The number of nitrogens with one attached hydrogen (secondary N) is 1. The fraction of sp³-hybridized carbons (Fsp3) is 0.238. The number of carbonyl (C=O) groups excluding carboxylic acids is 1. The van der Waals surface area contributed by atoms with Gasteiger partial charge in [-0.15, -0.1) is 0 Å². The third-order valence-corrected chi connectivity index (χ3v) is 7.14. The maximum atomic E-state index is 13.3. The molecule has 1 aliphatic rings. The van der Waals surface area contributed by atoms with Gasteiger partial charge in [0.15, 0.2) is 6.61 Å². The first-order valence-corrected chi connectivity index (χ1v) is 11.3. The van der Waals surface area contributed by atoms with E-state index in [1.54, 1.807) is 36.5 Å². The van der Waals surface area contributed by atoms with Crippen LogP contribution in [0.5, 0.6) is 5.75 Å². The van der Waals surface area contributed by atoms with Crippen molar-refractivity contribution in [2.45, 2.75) is 17.4 Å². The van der Waals surface area contributed by atoms with Crippen LogP contribution >= 0.6 is 11.6 Å². The number of benzene rings is 2. The maximum absolute atomic E-state index is 13.3. The van der Waals surface area contributed by atoms with E-state index in [0.29, 0.717) is 29.5 Å². The molecule has 7 nitrogen and oxygen atoms in total. The van der Waals surface area contributed by atoms with Gasteiger partial charge in [0, 0.05) is 42.3 Å². The highest BCUT2D eigenvalue weighted by atomic mass is 35.5. The fourth-order valence-corrected chi connectivity index (χ4v) is 5.57. The molecule has 1 fully saturated rings. The van der Waals surface area contributed by atoms with Gasteiger partial charge >= 0.3 is 0 Å². The Morgan fingerprint density at radius 1 is 1.17 bits per heavy atom. The van der Waals surface area contributed by atoms with Crippen LogP contribution in [0.15, 0.2) is 65.8 Å². The van der Waals surface area contributed by atoms with E-state index in [1.807, 2.05) is 18.2 Å². The van der Waals surface area contributed by atoms with Crippen LogP contribution in [0.4, 0.5) is 0 Å². The summed E-state index contributed by atoms with van der Waals surface area (Å²) in [5, 5.41) is 4.25. The van der Waals surface area contributed by atoms with Crippen molar-refractivity contribution in [3.05, 3.63) is 65.9 Å². The average Bonchev–Trinajstić information content (AvgIpc) is 3.22. The Kier molecular flexibility index (Phi) is 5.90. The molecule has 2 aromatic carbocycles. The number of carbonyl (C=O) groups is 1. The van der Waals surface area contributed by atoms with Gasteiger partial charge in [0.25, 0.3) is 5.91 Å². The lowest BCUT2D eigenvalue weighted by atomic mass is 10.2. The van der Waals surface area contributed by atoms with Gasteiger partial charge in [0.05, 0.1) is 9.92 Å². The molecule has 0 saturated carbocycles. The molecule has 3 aromatic rings. The van der Waals surface area contributed by atoms with E-state index in [4.69, 9.17) is 16.3 Å². The number of sulfonamides is 1. The number of rotatable bonds is 6. The molecule has 1 aromatic heterocycles. The van der Waals surface area contributed by atoms with Crippen molar-refractivity contribution in [2.75, 3.05) is 19.7 Å². The summed E-state index contributed by atoms with van der Waals surface area (Å²) in [4.78, 5) is 16.4. The highest BCUT2D eigenvalue weighted by molar-refractivity contribution is 7.89. The van der Waals surface area contributed by atoms with Gasteiger partial charge in [-0.25, -0.2) is 8.42 Å². The van der Waals surface area contributed by atoms with Gasteiger partial charge in [-0.1, -0.05) is 41.9 Å². The third kappa shape index (κ3) is 4.26. The number of fused-ring (bicyclic) bond motifs is 1. The summed E-state index contributed by atoms with van der Waals surface area (Å²) in [6.45, 7) is 0.379. The predicted molar refractivity (Wildman–Crippen MR) is 114 cm³/mol. The minimum atomic E-state index is -3.77. The summed E-state index contributed by atoms with van der Waals surface area (Å²) in [7, 11) is -3.77. The van der Waals surface area contributed by atoms with Crippen molar-refractivity contribution in [3.63, 3.8) is 0 Å². The summed E-state index contributed by atoms with van der Waals surface area (Å²) < 4.78 is 33.3. The molecule has 1 aliphatic heterocycles. The topological polar surface area (TPSA) is 88.6 Å². The maximum Gasteiger partial charge on any atom is 0.258 e. The Bertz CT molecular complexity index is 1170. The van der Waals surface area contributed by atoms with Crippen LogP contribution in [-0.4, -0.2) is 49.4 Å². The SMILES string of the molecule is O=C(COc1ccccc1)N[C@@H]1CCN(S(=O)(=O)c2cccc3cncc(Cl)c23)C1. The Morgan fingerprint density at radius 3 is 2.77 bits per heavy atom. The summed E-state index contributed by atoms with van der Waals surface area (Å²) in [6.07, 6.45) is 3.54. The predicted octanol–water partition coefficient (Wildman–Crippen LogP) is 2.85. The molecule has 0 aliphatic carbocycles. The van der Waals surface area contributed by atoms with Crippen molar-refractivity contribution in [2.24, 2.45) is 0 Å². The molecule has 1 saturated heterocycles. The zero-order chi connectivity index (χ0) is 21.1. The molecule has 4 rings (SSSR count). The molecule has 1 amide bonds. The van der Waals surface area contributed by atoms with Crippen LogP contribution < -0.4 is 10.1 Å². The van der Waals surface area contributed by atoms with E-state index >= 15 is 0 Å². The van der Waals surface area contributed by atoms with E-state index in [1.165, 1.54) is 10.5 Å². The van der Waals surface area contributed by atoms with Gasteiger partial charge < -0.3 is 10.1 Å². The zero-order valence-corrected chi connectivity index (χ0v) is 17.6. The molecular weight excluding hydrogens is 426 g/mol. The molecule has 2 heterocycles. The van der Waals surface area contributed by atoms with Crippen LogP contribution in [0.2, 0.25) is 5.02 Å². The second kappa shape index (κ2) is 8.59. The van der Waals surface area contributed by atoms with Gasteiger partial charge in [-0.3, -0.25) is 9.78 Å². The van der Waals surface area contributed by atoms with Crippen LogP contribution in [0, 0.1) is 0 Å². The van der Waals surface area contributed by atoms with Crippen molar-refractivity contribution in [3.8, 4) is 5.75 Å². The molecule has 1 N–H and O–H groups in total. The number of hydrogen-bond donors (Lipinski definition) is 1. The van der Waals surface area contributed by atoms with Crippen molar-refractivity contribution in [1.29, 1.82) is 0 Å². The van der Waals surface area contributed by atoms with Crippen molar-refractivity contribution in [1.82, 2.24) is 14.6 Å². The lowest BCUT2D eigenvalue weighted by Crippen LogP contribution is -2.40. The molecule has 0 unspecified atom stereocenters. The monoisotopic (exact) mass is 445 g/mol. The highest BCUT2D eigenvalue weighted by Crippen LogP contribution is 2.32. The van der Waals surface area contributed by atoms with Gasteiger partial charge in [-0.05, 0) is 24.6 Å². The quantitative estimate of drug-likeness (QED) is 0.630. The summed E-state index contributed by atoms with van der Waals surface area (Å²) in [6, 6.07) is 13.7. The number of ether oxygens (including phenoxy) is 1. The summed E-state index contributed by atoms with van der Waals surface area (Å²) in [5.41, 5.74) is 0. The lowest BCUT2D eigenvalue weighted by molar-refractivity contribution is -0.123. The molecule has 30 heavy (non-hydrogen) atoms. The Morgan fingerprint density at radius 2 is 1.97 bits per heavy atom. The van der Waals surface area contributed by atoms with E-state index in [9.17, 15) is 13.2 Å². The van der Waals surface area contributed by atoms with E-state index < -0.39 is 10.0 Å². The normalized spacial score (nSPS) is 17.2. The van der Waals surface area contributed by atoms with Crippen LogP contribution in [0.3, 0.4) is 0 Å². The number of aromatic nitrogens is 1. The number of nitrogens with zero attached hydrogens (tertiary/aromatic N) is 2. The van der Waals surface area contributed by atoms with E-state index in [-0.39, 0.29) is 35.0 Å². The average molecular weight is 446 g/mol. The molecule has 9 heteroatoms. The second-order valence-corrected chi connectivity index (χ2v) is 9.31. The van der Waals surface area contributed by atoms with E-state index in [2.05, 4.69) is 10.3 Å². The third-order valence-electron chi connectivity index (χ3n) is 4.95. The number of para-hydroxylation sites is 1. The first-order chi connectivity index (χ1) is 14.4. The number of hydrogen-bond acceptors (Lipinski definition) is 5. The molecule has 0 bridgehead atoms. The number of halogens is 1. The Hall–Kier alpha value is -2.68. The first kappa shape index (κ1) is 20.6. The number of amides is 1. The largest absolute Gasteiger partial charge is 0.484 e. The fourth-order valence-electron chi connectivity index (χ4n) is 3.51. The molecule has 1 atom stereocenters. The first-order valence-electron chi connectivity index (χ1n) is 9.45. The molecular formula is C21H20ClN3O4S. The second-order valence-electron chi connectivity index (χ2n) is 6.99. The molecule has 0 spiro atoms. The Labute approximate surface area is 179 Å². The summed E-state index contributed by atoms with van der Waals surface area (Å²) >= 11 is 6.24. The molecule has 156 valence electrons. The minimum Gasteiger partial charge on any atom is -0.484 e. The molecule has 0 radical (unpaired) electrons. The summed E-state index contributed by atoms with van der Waals surface area (Å²) in [5.74, 6) is 0.313. The minimum absolute atomic E-state index is 0.126. The van der Waals surface area contributed by atoms with E-state index in [0.717, 1.165) is 0 Å². The van der Waals surface area contributed by atoms with Crippen molar-refractivity contribution < 1.29 is 17.9 Å². The van der Waals surface area contributed by atoms with Crippen LogP contribution in [0.25, 0.3) is 10.8 Å². The Balaban J connectivity index is 1.43. The van der Waals surface area contributed by atoms with Gasteiger partial charge in [0.2, 0.25) is 10.0 Å².